The van der Waals surface area contributed by atoms with E-state index in [1.807, 2.05) is 44.2 Å². The third-order valence-corrected chi connectivity index (χ3v) is 10.1. The molecule has 0 radical (unpaired) electrons. The molecule has 0 aliphatic rings. The number of likely N-dealkylation sites (N-methyl/N-ethyl adjacent to an activating group) is 1. The highest BCUT2D eigenvalue weighted by Gasteiger charge is 2.35. The van der Waals surface area contributed by atoms with Gasteiger partial charge in [0.1, 0.15) is 12.6 Å². The summed E-state index contributed by atoms with van der Waals surface area (Å²) in [5.41, 5.74) is 3.35. The number of benzene rings is 4. The van der Waals surface area contributed by atoms with E-state index in [0.717, 1.165) is 21.0 Å². The number of halogens is 3. The van der Waals surface area contributed by atoms with Crippen LogP contribution in [-0.2, 0) is 32.6 Å². The molecule has 0 bridgehead atoms. The largest absolute Gasteiger partial charge is 0.357 e. The lowest BCUT2D eigenvalue weighted by molar-refractivity contribution is -0.139. The Morgan fingerprint density at radius 2 is 1.45 bits per heavy atom. The van der Waals surface area contributed by atoms with Crippen molar-refractivity contribution in [2.24, 2.45) is 0 Å². The minimum absolute atomic E-state index is 0.0410. The highest BCUT2D eigenvalue weighted by molar-refractivity contribution is 7.92. The first-order valence-corrected chi connectivity index (χ1v) is 16.3. The monoisotopic (exact) mass is 671 g/mol. The van der Waals surface area contributed by atoms with Crippen LogP contribution in [0.4, 0.5) is 5.69 Å². The van der Waals surface area contributed by atoms with Gasteiger partial charge in [0.05, 0.1) is 10.6 Å². The van der Waals surface area contributed by atoms with Crippen LogP contribution in [-0.4, -0.2) is 44.8 Å². The van der Waals surface area contributed by atoms with E-state index in [1.54, 1.807) is 36.4 Å². The van der Waals surface area contributed by atoms with E-state index in [0.29, 0.717) is 26.3 Å². The van der Waals surface area contributed by atoms with Crippen LogP contribution in [0.5, 0.6) is 0 Å². The number of carbonyl (C=O) groups is 2. The van der Waals surface area contributed by atoms with E-state index >= 15 is 0 Å². The average molecular weight is 673 g/mol. The van der Waals surface area contributed by atoms with Crippen LogP contribution < -0.4 is 9.62 Å². The molecule has 230 valence electrons. The van der Waals surface area contributed by atoms with Gasteiger partial charge in [-0.05, 0) is 79.1 Å². The Bertz CT molecular complexity index is 1730. The molecule has 0 saturated heterocycles. The number of hydrogen-bond acceptors (Lipinski definition) is 4. The van der Waals surface area contributed by atoms with Gasteiger partial charge in [0.2, 0.25) is 11.8 Å². The molecule has 4 aromatic carbocycles. The summed E-state index contributed by atoms with van der Waals surface area (Å²) in [7, 11) is -2.77. The third-order valence-electron chi connectivity index (χ3n) is 7.37. The maximum atomic E-state index is 14.4. The van der Waals surface area contributed by atoms with Gasteiger partial charge in [-0.25, -0.2) is 8.42 Å². The first-order chi connectivity index (χ1) is 20.9. The van der Waals surface area contributed by atoms with Crippen molar-refractivity contribution in [1.82, 2.24) is 10.2 Å². The van der Waals surface area contributed by atoms with E-state index in [2.05, 4.69) is 5.32 Å². The van der Waals surface area contributed by atoms with E-state index in [4.69, 9.17) is 34.8 Å². The van der Waals surface area contributed by atoms with E-state index in [9.17, 15) is 18.0 Å². The maximum absolute atomic E-state index is 14.4. The van der Waals surface area contributed by atoms with Crippen molar-refractivity contribution in [3.63, 3.8) is 0 Å². The predicted octanol–water partition coefficient (Wildman–Crippen LogP) is 6.85. The molecule has 0 fully saturated rings. The van der Waals surface area contributed by atoms with Gasteiger partial charge in [0.15, 0.2) is 0 Å². The van der Waals surface area contributed by atoms with Gasteiger partial charge in [0, 0.05) is 40.6 Å². The molecule has 0 aliphatic carbocycles. The van der Waals surface area contributed by atoms with Gasteiger partial charge in [0.25, 0.3) is 10.0 Å². The van der Waals surface area contributed by atoms with Crippen LogP contribution in [0.1, 0.15) is 22.3 Å². The van der Waals surface area contributed by atoms with E-state index in [-0.39, 0.29) is 17.9 Å². The summed E-state index contributed by atoms with van der Waals surface area (Å²) < 4.78 is 29.3. The van der Waals surface area contributed by atoms with Crippen molar-refractivity contribution in [1.29, 1.82) is 0 Å². The number of hydrogen-bond donors (Lipinski definition) is 1. The molecule has 2 amide bonds. The van der Waals surface area contributed by atoms with Crippen LogP contribution in [0.3, 0.4) is 0 Å². The van der Waals surface area contributed by atoms with Crippen molar-refractivity contribution in [2.75, 3.05) is 17.9 Å². The van der Waals surface area contributed by atoms with Gasteiger partial charge in [-0.15, -0.1) is 0 Å². The van der Waals surface area contributed by atoms with Gasteiger partial charge in [-0.3, -0.25) is 13.9 Å². The van der Waals surface area contributed by atoms with Crippen LogP contribution in [0.25, 0.3) is 0 Å². The lowest BCUT2D eigenvalue weighted by Gasteiger charge is -2.34. The summed E-state index contributed by atoms with van der Waals surface area (Å²) in [5, 5.41) is 3.64. The SMILES string of the molecule is CNC(=O)[C@H](Cc1ccccc1)N(Cc1c(Cl)cccc1Cl)C(=O)CN(c1ccc(C)c(C)c1)S(=O)(=O)c1ccc(Cl)cc1. The quantitative estimate of drug-likeness (QED) is 0.189. The maximum Gasteiger partial charge on any atom is 0.264 e. The molecule has 7 nitrogen and oxygen atoms in total. The van der Waals surface area contributed by atoms with Gasteiger partial charge in [-0.2, -0.15) is 0 Å². The molecular formula is C33H32Cl3N3O4S. The molecule has 1 atom stereocenters. The average Bonchev–Trinajstić information content (AvgIpc) is 3.00. The fraction of sp³-hybridized carbons (Fsp3) is 0.212. The molecule has 4 rings (SSSR count). The summed E-state index contributed by atoms with van der Waals surface area (Å²) in [4.78, 5) is 29.1. The van der Waals surface area contributed by atoms with Crippen LogP contribution in [0, 0.1) is 13.8 Å². The zero-order valence-corrected chi connectivity index (χ0v) is 27.5. The molecule has 0 spiro atoms. The normalized spacial score (nSPS) is 12.0. The number of anilines is 1. The second-order valence-electron chi connectivity index (χ2n) is 10.3. The van der Waals surface area contributed by atoms with Crippen LogP contribution in [0.2, 0.25) is 15.1 Å². The fourth-order valence-corrected chi connectivity index (χ4v) is 6.77. The highest BCUT2D eigenvalue weighted by atomic mass is 35.5. The molecule has 4 aromatic rings. The minimum Gasteiger partial charge on any atom is -0.357 e. The Morgan fingerprint density at radius 3 is 2.05 bits per heavy atom. The first-order valence-electron chi connectivity index (χ1n) is 13.8. The van der Waals surface area contributed by atoms with Crippen molar-refractivity contribution < 1.29 is 18.0 Å². The first kappa shape index (κ1) is 33.3. The summed E-state index contributed by atoms with van der Waals surface area (Å²) in [6, 6.07) is 24.1. The molecule has 0 aliphatic heterocycles. The van der Waals surface area contributed by atoms with Crippen LogP contribution in [0.15, 0.2) is 95.9 Å². The van der Waals surface area contributed by atoms with Gasteiger partial charge < -0.3 is 10.2 Å². The highest BCUT2D eigenvalue weighted by Crippen LogP contribution is 2.30. The van der Waals surface area contributed by atoms with Gasteiger partial charge >= 0.3 is 0 Å². The minimum atomic E-state index is -4.25. The number of aryl methyl sites for hydroxylation is 2. The summed E-state index contributed by atoms with van der Waals surface area (Å²) >= 11 is 19.1. The smallest absolute Gasteiger partial charge is 0.264 e. The Labute approximate surface area is 273 Å². The van der Waals surface area contributed by atoms with E-state index < -0.39 is 34.4 Å². The topological polar surface area (TPSA) is 86.8 Å². The standard InChI is InChI=1S/C33H32Cl3N3O4S/c1-22-12-15-26(18-23(22)2)39(44(42,43)27-16-13-25(34)14-17-27)21-32(40)38(20-28-29(35)10-7-11-30(28)36)31(33(41)37-3)19-24-8-5-4-6-9-24/h4-18,31H,19-21H2,1-3H3,(H,37,41)/t31-/m0/s1. The second-order valence-corrected chi connectivity index (χ2v) is 13.4. The third kappa shape index (κ3) is 7.74. The molecule has 11 heteroatoms. The van der Waals surface area contributed by atoms with Crippen molar-refractivity contribution in [3.05, 3.63) is 128 Å². The van der Waals surface area contributed by atoms with E-state index in [1.165, 1.54) is 36.2 Å². The zero-order valence-electron chi connectivity index (χ0n) is 24.4. The fourth-order valence-electron chi connectivity index (χ4n) is 4.72. The predicted molar refractivity (Wildman–Crippen MR) is 177 cm³/mol. The molecule has 0 unspecified atom stereocenters. The number of nitrogens with one attached hydrogen (secondary N) is 1. The van der Waals surface area contributed by atoms with Crippen LogP contribution >= 0.6 is 34.8 Å². The summed E-state index contributed by atoms with van der Waals surface area (Å²) in [5.74, 6) is -1.05. The zero-order chi connectivity index (χ0) is 32.0. The lowest BCUT2D eigenvalue weighted by atomic mass is 10.0. The number of amides is 2. The number of nitrogens with zero attached hydrogens (tertiary/aromatic N) is 2. The number of rotatable bonds is 11. The molecule has 1 N–H and O–H groups in total. The molecule has 0 aromatic heterocycles. The lowest BCUT2D eigenvalue weighted by Crippen LogP contribution is -2.53. The van der Waals surface area contributed by atoms with Crippen molar-refractivity contribution in [2.45, 2.75) is 37.8 Å². The summed E-state index contributed by atoms with van der Waals surface area (Å²) in [6.07, 6.45) is 0.169. The second kappa shape index (κ2) is 14.5. The Kier molecular flexibility index (Phi) is 11.0. The Balaban J connectivity index is 1.84. The molecule has 44 heavy (non-hydrogen) atoms. The molecule has 0 saturated carbocycles. The number of sulfonamides is 1. The molecular weight excluding hydrogens is 641 g/mol. The van der Waals surface area contributed by atoms with Gasteiger partial charge in [-0.1, -0.05) is 77.3 Å². The number of carbonyl (C=O) groups excluding carboxylic acids is 2. The summed E-state index contributed by atoms with van der Waals surface area (Å²) in [6.45, 7) is 3.04. The van der Waals surface area contributed by atoms with Crippen molar-refractivity contribution in [3.8, 4) is 0 Å². The Hall–Kier alpha value is -3.56. The Morgan fingerprint density at radius 1 is 0.818 bits per heavy atom. The molecule has 0 heterocycles. The van der Waals surface area contributed by atoms with Crippen molar-refractivity contribution >= 4 is 62.3 Å².